The van der Waals surface area contributed by atoms with Gasteiger partial charge in [-0.25, -0.2) is 5.43 Å². The van der Waals surface area contributed by atoms with Gasteiger partial charge >= 0.3 is 0 Å². The number of nitrogens with one attached hydrogen (secondary N) is 1. The van der Waals surface area contributed by atoms with Crippen molar-refractivity contribution in [2.24, 2.45) is 5.10 Å². The number of halogens is 1. The smallest absolute Gasteiger partial charge is 0.272 e. The predicted octanol–water partition coefficient (Wildman–Crippen LogP) is 1.91. The standard InChI is InChI=1S/C13H10ClN3O3/c14-10-4-8(5-11(18)12(10)19)6-16-17-13(20)9-2-1-3-15-7-9/h1-7,18-19H,(H,17,20)/b16-6+. The Morgan fingerprint density at radius 1 is 1.40 bits per heavy atom. The third-order valence-electron chi connectivity index (χ3n) is 2.37. The van der Waals surface area contributed by atoms with Crippen molar-refractivity contribution in [3.63, 3.8) is 0 Å². The first-order valence-corrected chi connectivity index (χ1v) is 5.90. The van der Waals surface area contributed by atoms with Crippen molar-refractivity contribution in [3.8, 4) is 11.5 Å². The summed E-state index contributed by atoms with van der Waals surface area (Å²) >= 11 is 5.69. The Balaban J connectivity index is 2.06. The summed E-state index contributed by atoms with van der Waals surface area (Å²) in [6, 6.07) is 5.90. The highest BCUT2D eigenvalue weighted by Gasteiger charge is 2.06. The topological polar surface area (TPSA) is 94.8 Å². The largest absolute Gasteiger partial charge is 0.504 e. The van der Waals surface area contributed by atoms with Gasteiger partial charge in [-0.05, 0) is 29.8 Å². The number of aromatic nitrogens is 1. The van der Waals surface area contributed by atoms with Crippen LogP contribution in [0.5, 0.6) is 11.5 Å². The van der Waals surface area contributed by atoms with Crippen molar-refractivity contribution >= 4 is 23.7 Å². The molecule has 0 radical (unpaired) electrons. The number of rotatable bonds is 3. The molecule has 0 bridgehead atoms. The average Bonchev–Trinajstić information content (AvgIpc) is 2.45. The minimum atomic E-state index is -0.413. The van der Waals surface area contributed by atoms with E-state index in [1.165, 1.54) is 24.5 Å². The maximum atomic E-state index is 11.6. The van der Waals surface area contributed by atoms with E-state index in [1.807, 2.05) is 0 Å². The van der Waals surface area contributed by atoms with Gasteiger partial charge in [-0.1, -0.05) is 11.6 Å². The molecule has 1 heterocycles. The summed E-state index contributed by atoms with van der Waals surface area (Å²) in [5, 5.41) is 22.4. The van der Waals surface area contributed by atoms with E-state index in [9.17, 15) is 15.0 Å². The number of carbonyl (C=O) groups is 1. The lowest BCUT2D eigenvalue weighted by atomic mass is 10.2. The number of hydrazone groups is 1. The van der Waals surface area contributed by atoms with Gasteiger partial charge in [-0.15, -0.1) is 0 Å². The Kier molecular flexibility index (Phi) is 4.17. The molecule has 0 spiro atoms. The number of aromatic hydroxyl groups is 2. The Bertz CT molecular complexity index is 636. The summed E-state index contributed by atoms with van der Waals surface area (Å²) < 4.78 is 0. The quantitative estimate of drug-likeness (QED) is 0.457. The van der Waals surface area contributed by atoms with Gasteiger partial charge in [0.25, 0.3) is 5.91 Å². The van der Waals surface area contributed by atoms with E-state index in [0.29, 0.717) is 11.1 Å². The first-order valence-electron chi connectivity index (χ1n) is 5.53. The number of benzene rings is 1. The Labute approximate surface area is 119 Å². The fraction of sp³-hybridized carbons (Fsp3) is 0. The second kappa shape index (κ2) is 6.03. The fourth-order valence-corrected chi connectivity index (χ4v) is 1.63. The van der Waals surface area contributed by atoms with Crippen molar-refractivity contribution in [3.05, 3.63) is 52.8 Å². The molecule has 7 heteroatoms. The number of pyridine rings is 1. The van der Waals surface area contributed by atoms with Gasteiger partial charge in [0.15, 0.2) is 11.5 Å². The zero-order valence-corrected chi connectivity index (χ0v) is 10.9. The van der Waals surface area contributed by atoms with Crippen LogP contribution in [0, 0.1) is 0 Å². The second-order valence-corrected chi connectivity index (χ2v) is 4.22. The van der Waals surface area contributed by atoms with Gasteiger partial charge in [0.1, 0.15) is 0 Å². The number of hydrogen-bond acceptors (Lipinski definition) is 5. The molecule has 20 heavy (non-hydrogen) atoms. The third kappa shape index (κ3) is 3.24. The first kappa shape index (κ1) is 13.8. The maximum absolute atomic E-state index is 11.6. The van der Waals surface area contributed by atoms with Crippen LogP contribution < -0.4 is 5.43 Å². The molecule has 6 nitrogen and oxygen atoms in total. The predicted molar refractivity (Wildman–Crippen MR) is 74.1 cm³/mol. The van der Waals surface area contributed by atoms with Crippen molar-refractivity contribution in [2.75, 3.05) is 0 Å². The molecule has 0 aliphatic carbocycles. The molecule has 1 aromatic heterocycles. The molecular weight excluding hydrogens is 282 g/mol. The Morgan fingerprint density at radius 2 is 2.20 bits per heavy atom. The van der Waals surface area contributed by atoms with Crippen molar-refractivity contribution in [2.45, 2.75) is 0 Å². The highest BCUT2D eigenvalue weighted by Crippen LogP contribution is 2.33. The number of phenols is 2. The number of phenolic OH excluding ortho intramolecular Hbond substituents is 2. The molecule has 1 amide bonds. The number of hydrogen-bond donors (Lipinski definition) is 3. The molecular formula is C13H10ClN3O3. The Hall–Kier alpha value is -2.60. The van der Waals surface area contributed by atoms with Gasteiger partial charge in [0.2, 0.25) is 0 Å². The van der Waals surface area contributed by atoms with E-state index < -0.39 is 11.7 Å². The van der Waals surface area contributed by atoms with Crippen LogP contribution in [0.4, 0.5) is 0 Å². The maximum Gasteiger partial charge on any atom is 0.272 e. The highest BCUT2D eigenvalue weighted by atomic mass is 35.5. The van der Waals surface area contributed by atoms with Crippen LogP contribution in [0.3, 0.4) is 0 Å². The molecule has 1 aromatic carbocycles. The lowest BCUT2D eigenvalue weighted by Crippen LogP contribution is -2.17. The average molecular weight is 292 g/mol. The summed E-state index contributed by atoms with van der Waals surface area (Å²) in [6.45, 7) is 0. The minimum absolute atomic E-state index is 0.00923. The summed E-state index contributed by atoms with van der Waals surface area (Å²) in [7, 11) is 0. The lowest BCUT2D eigenvalue weighted by molar-refractivity contribution is 0.0955. The number of nitrogens with zero attached hydrogens (tertiary/aromatic N) is 2. The van der Waals surface area contributed by atoms with E-state index in [-0.39, 0.29) is 10.8 Å². The molecule has 3 N–H and O–H groups in total. The van der Waals surface area contributed by atoms with E-state index in [2.05, 4.69) is 15.5 Å². The molecule has 102 valence electrons. The SMILES string of the molecule is O=C(N/N=C/c1cc(O)c(O)c(Cl)c1)c1cccnc1. The summed E-state index contributed by atoms with van der Waals surface area (Å²) in [5.74, 6) is -1.18. The summed E-state index contributed by atoms with van der Waals surface area (Å²) in [4.78, 5) is 15.5. The first-order chi connectivity index (χ1) is 9.58. The zero-order valence-electron chi connectivity index (χ0n) is 10.1. The van der Waals surface area contributed by atoms with Gasteiger partial charge in [-0.2, -0.15) is 5.10 Å². The summed E-state index contributed by atoms with van der Waals surface area (Å²) in [5.41, 5.74) is 3.10. The van der Waals surface area contributed by atoms with Gasteiger partial charge in [0.05, 0.1) is 16.8 Å². The molecule has 0 saturated carbocycles. The van der Waals surface area contributed by atoms with E-state index in [0.717, 1.165) is 0 Å². The van der Waals surface area contributed by atoms with E-state index >= 15 is 0 Å². The molecule has 2 aromatic rings. The van der Waals surface area contributed by atoms with Crippen molar-refractivity contribution in [1.29, 1.82) is 0 Å². The summed E-state index contributed by atoms with van der Waals surface area (Å²) in [6.07, 6.45) is 4.26. The van der Waals surface area contributed by atoms with Crippen molar-refractivity contribution < 1.29 is 15.0 Å². The lowest BCUT2D eigenvalue weighted by Gasteiger charge is -2.02. The van der Waals surface area contributed by atoms with Crippen LogP contribution in [0.1, 0.15) is 15.9 Å². The molecule has 2 rings (SSSR count). The van der Waals surface area contributed by atoms with Crippen LogP contribution >= 0.6 is 11.6 Å². The normalized spacial score (nSPS) is 10.7. The van der Waals surface area contributed by atoms with E-state index in [1.54, 1.807) is 18.3 Å². The van der Waals surface area contributed by atoms with Crippen LogP contribution in [0.15, 0.2) is 41.8 Å². The van der Waals surface area contributed by atoms with Crippen LogP contribution in [0.2, 0.25) is 5.02 Å². The van der Waals surface area contributed by atoms with Crippen LogP contribution in [-0.2, 0) is 0 Å². The third-order valence-corrected chi connectivity index (χ3v) is 2.66. The minimum Gasteiger partial charge on any atom is -0.504 e. The molecule has 0 atom stereocenters. The number of carbonyl (C=O) groups excluding carboxylic acids is 1. The number of amides is 1. The van der Waals surface area contributed by atoms with Crippen LogP contribution in [-0.4, -0.2) is 27.3 Å². The van der Waals surface area contributed by atoms with Crippen molar-refractivity contribution in [1.82, 2.24) is 10.4 Å². The van der Waals surface area contributed by atoms with Gasteiger partial charge in [-0.3, -0.25) is 9.78 Å². The van der Waals surface area contributed by atoms with Crippen LogP contribution in [0.25, 0.3) is 0 Å². The zero-order chi connectivity index (χ0) is 14.5. The molecule has 0 unspecified atom stereocenters. The monoisotopic (exact) mass is 291 g/mol. The second-order valence-electron chi connectivity index (χ2n) is 3.81. The van der Waals surface area contributed by atoms with Gasteiger partial charge in [0, 0.05) is 12.4 Å². The van der Waals surface area contributed by atoms with E-state index in [4.69, 9.17) is 11.6 Å². The van der Waals surface area contributed by atoms with Gasteiger partial charge < -0.3 is 10.2 Å². The Morgan fingerprint density at radius 3 is 2.85 bits per heavy atom. The fourth-order valence-electron chi connectivity index (χ4n) is 1.41. The molecule has 0 fully saturated rings. The molecule has 0 aliphatic heterocycles. The highest BCUT2D eigenvalue weighted by molar-refractivity contribution is 6.32. The molecule has 0 aliphatic rings. The molecule has 0 saturated heterocycles.